The molecule has 0 aliphatic heterocycles. The third-order valence-electron chi connectivity index (χ3n) is 3.70. The quantitative estimate of drug-likeness (QED) is 0.505. The van der Waals surface area contributed by atoms with Crippen molar-refractivity contribution in [2.45, 2.75) is 32.3 Å². The Morgan fingerprint density at radius 2 is 2.08 bits per heavy atom. The van der Waals surface area contributed by atoms with Gasteiger partial charge in [-0.15, -0.1) is 23.1 Å². The van der Waals surface area contributed by atoms with Crippen LogP contribution in [0.2, 0.25) is 0 Å². The van der Waals surface area contributed by atoms with Crippen LogP contribution in [0.4, 0.5) is 0 Å². The molecule has 0 N–H and O–H groups in total. The van der Waals surface area contributed by atoms with Crippen molar-refractivity contribution in [3.05, 3.63) is 62.5 Å². The second kappa shape index (κ2) is 7.41. The maximum Gasteiger partial charge on any atom is 0.316 e. The maximum atomic E-state index is 12.1. The fourth-order valence-electron chi connectivity index (χ4n) is 2.37. The van der Waals surface area contributed by atoms with E-state index in [1.165, 1.54) is 29.2 Å². The fourth-order valence-corrected chi connectivity index (χ4v) is 4.18. The number of hydrogen-bond donors (Lipinski definition) is 0. The van der Waals surface area contributed by atoms with E-state index in [2.05, 4.69) is 11.1 Å². The Balaban J connectivity index is 1.61. The van der Waals surface area contributed by atoms with Gasteiger partial charge in [-0.3, -0.25) is 14.0 Å². The van der Waals surface area contributed by atoms with Crippen LogP contribution in [0.1, 0.15) is 22.5 Å². The molecule has 0 unspecified atom stereocenters. The van der Waals surface area contributed by atoms with E-state index < -0.39 is 0 Å². The molecule has 25 heavy (non-hydrogen) atoms. The number of carbonyl (C=O) groups excluding carboxylic acids is 1. The monoisotopic (exact) mass is 374 g/mol. The van der Waals surface area contributed by atoms with Crippen molar-refractivity contribution in [3.8, 4) is 0 Å². The van der Waals surface area contributed by atoms with Gasteiger partial charge < -0.3 is 4.74 Å². The lowest BCUT2D eigenvalue weighted by atomic mass is 10.2. The third kappa shape index (κ3) is 4.11. The molecule has 0 aliphatic carbocycles. The number of thioether (sulfide) groups is 1. The topological polar surface area (TPSA) is 60.7 Å². The highest BCUT2D eigenvalue weighted by Crippen LogP contribution is 2.23. The molecule has 1 aromatic carbocycles. The summed E-state index contributed by atoms with van der Waals surface area (Å²) in [7, 11) is 0. The molecule has 2 heterocycles. The van der Waals surface area contributed by atoms with E-state index in [1.54, 1.807) is 4.40 Å². The number of fused-ring (bicyclic) bond motifs is 1. The molecule has 0 atom stereocenters. The van der Waals surface area contributed by atoms with Crippen molar-refractivity contribution in [2.24, 2.45) is 0 Å². The van der Waals surface area contributed by atoms with Crippen LogP contribution in [0.15, 0.2) is 39.3 Å². The molecule has 0 fully saturated rings. The zero-order valence-corrected chi connectivity index (χ0v) is 15.9. The van der Waals surface area contributed by atoms with Crippen LogP contribution >= 0.6 is 23.1 Å². The number of rotatable bonds is 5. The molecule has 0 aliphatic rings. The lowest BCUT2D eigenvalue weighted by Crippen LogP contribution is -2.16. The van der Waals surface area contributed by atoms with Crippen molar-refractivity contribution in [2.75, 3.05) is 5.75 Å². The molecular weight excluding hydrogens is 356 g/mol. The van der Waals surface area contributed by atoms with E-state index in [9.17, 15) is 9.59 Å². The van der Waals surface area contributed by atoms with Crippen molar-refractivity contribution in [1.82, 2.24) is 9.38 Å². The molecule has 3 rings (SSSR count). The molecule has 2 aromatic heterocycles. The second-order valence-electron chi connectivity index (χ2n) is 5.80. The summed E-state index contributed by atoms with van der Waals surface area (Å²) in [5, 5.41) is 1.88. The van der Waals surface area contributed by atoms with Gasteiger partial charge in [0.15, 0.2) is 4.96 Å². The fraction of sp³-hybridized carbons (Fsp3) is 0.278. The van der Waals surface area contributed by atoms with E-state index in [0.29, 0.717) is 10.7 Å². The Hall–Kier alpha value is -2.12. The van der Waals surface area contributed by atoms with E-state index in [1.807, 2.05) is 38.3 Å². The lowest BCUT2D eigenvalue weighted by Gasteiger charge is -2.07. The minimum Gasteiger partial charge on any atom is -0.459 e. The predicted octanol–water partition coefficient (Wildman–Crippen LogP) is 3.52. The largest absolute Gasteiger partial charge is 0.459 e. The van der Waals surface area contributed by atoms with E-state index in [0.717, 1.165) is 21.7 Å². The molecule has 0 amide bonds. The number of carbonyl (C=O) groups is 1. The molecular formula is C18H18N2O3S2. The zero-order chi connectivity index (χ0) is 18.0. The van der Waals surface area contributed by atoms with Crippen LogP contribution in [0.5, 0.6) is 0 Å². The van der Waals surface area contributed by atoms with Gasteiger partial charge in [-0.25, -0.2) is 4.98 Å². The summed E-state index contributed by atoms with van der Waals surface area (Å²) in [6.45, 7) is 5.91. The second-order valence-corrected chi connectivity index (χ2v) is 7.65. The molecule has 0 spiro atoms. The Kier molecular flexibility index (Phi) is 5.24. The Labute approximate surface area is 153 Å². The average molecular weight is 374 g/mol. The number of thiazole rings is 1. The van der Waals surface area contributed by atoms with Crippen molar-refractivity contribution in [1.29, 1.82) is 0 Å². The highest BCUT2D eigenvalue weighted by atomic mass is 32.2. The lowest BCUT2D eigenvalue weighted by molar-refractivity contribution is -0.141. The van der Waals surface area contributed by atoms with Gasteiger partial charge in [0, 0.05) is 22.0 Å². The molecule has 130 valence electrons. The average Bonchev–Trinajstić information content (AvgIpc) is 2.95. The van der Waals surface area contributed by atoms with Gasteiger partial charge in [-0.1, -0.05) is 17.7 Å². The molecule has 7 heteroatoms. The minimum absolute atomic E-state index is 0.00881. The minimum atomic E-state index is -0.324. The number of hydrogen-bond acceptors (Lipinski definition) is 6. The summed E-state index contributed by atoms with van der Waals surface area (Å²) in [5.74, 6) is -0.0980. The van der Waals surface area contributed by atoms with Gasteiger partial charge in [0.05, 0.1) is 11.4 Å². The Morgan fingerprint density at radius 3 is 2.88 bits per heavy atom. The number of benzene rings is 1. The van der Waals surface area contributed by atoms with Gasteiger partial charge >= 0.3 is 5.97 Å². The van der Waals surface area contributed by atoms with Gasteiger partial charge in [0.25, 0.3) is 5.56 Å². The van der Waals surface area contributed by atoms with Crippen molar-refractivity contribution in [3.63, 3.8) is 0 Å². The molecule has 0 saturated carbocycles. The zero-order valence-electron chi connectivity index (χ0n) is 14.2. The summed E-state index contributed by atoms with van der Waals surface area (Å²) < 4.78 is 6.81. The SMILES string of the molecule is Cc1ccc(C)c(SCC(=O)OCc2cc(=O)n3c(C)csc3n2)c1. The first-order chi connectivity index (χ1) is 11.9. The normalized spacial score (nSPS) is 11.0. The van der Waals surface area contributed by atoms with Crippen LogP contribution in [0.3, 0.4) is 0 Å². The first-order valence-corrected chi connectivity index (χ1v) is 9.63. The van der Waals surface area contributed by atoms with Gasteiger partial charge in [-0.05, 0) is 32.4 Å². The number of ether oxygens (including phenoxy) is 1. The highest BCUT2D eigenvalue weighted by molar-refractivity contribution is 8.00. The summed E-state index contributed by atoms with van der Waals surface area (Å²) in [6.07, 6.45) is 0. The summed E-state index contributed by atoms with van der Waals surface area (Å²) in [6, 6.07) is 7.56. The Morgan fingerprint density at radius 1 is 1.28 bits per heavy atom. The molecule has 0 saturated heterocycles. The summed E-state index contributed by atoms with van der Waals surface area (Å²) >= 11 is 2.85. The molecule has 5 nitrogen and oxygen atoms in total. The van der Waals surface area contributed by atoms with Gasteiger partial charge in [0.1, 0.15) is 6.61 Å². The summed E-state index contributed by atoms with van der Waals surface area (Å²) in [5.41, 5.74) is 3.46. The van der Waals surface area contributed by atoms with Gasteiger partial charge in [0.2, 0.25) is 0 Å². The third-order valence-corrected chi connectivity index (χ3v) is 5.77. The van der Waals surface area contributed by atoms with E-state index >= 15 is 0 Å². The van der Waals surface area contributed by atoms with Crippen molar-refractivity contribution < 1.29 is 9.53 Å². The summed E-state index contributed by atoms with van der Waals surface area (Å²) in [4.78, 5) is 30.1. The highest BCUT2D eigenvalue weighted by Gasteiger charge is 2.10. The number of aryl methyl sites for hydroxylation is 3. The van der Waals surface area contributed by atoms with Crippen LogP contribution < -0.4 is 5.56 Å². The molecule has 3 aromatic rings. The number of aromatic nitrogens is 2. The van der Waals surface area contributed by atoms with Gasteiger partial charge in [-0.2, -0.15) is 0 Å². The van der Waals surface area contributed by atoms with Crippen LogP contribution in [0, 0.1) is 20.8 Å². The van der Waals surface area contributed by atoms with E-state index in [4.69, 9.17) is 4.74 Å². The molecule has 0 radical (unpaired) electrons. The van der Waals surface area contributed by atoms with E-state index in [-0.39, 0.29) is 23.9 Å². The smallest absolute Gasteiger partial charge is 0.316 e. The van der Waals surface area contributed by atoms with Crippen LogP contribution in [-0.2, 0) is 16.1 Å². The first-order valence-electron chi connectivity index (χ1n) is 7.76. The Bertz CT molecular complexity index is 992. The predicted molar refractivity (Wildman–Crippen MR) is 101 cm³/mol. The first kappa shape index (κ1) is 17.7. The number of nitrogens with zero attached hydrogens (tertiary/aromatic N) is 2. The van der Waals surface area contributed by atoms with Crippen LogP contribution in [0.25, 0.3) is 4.96 Å². The maximum absolute atomic E-state index is 12.1. The number of esters is 1. The standard InChI is InChI=1S/C18H18N2O3S2/c1-11-4-5-12(2)15(6-11)24-10-17(22)23-8-14-7-16(21)20-13(3)9-25-18(20)19-14/h4-7,9H,8,10H2,1-3H3. The van der Waals surface area contributed by atoms with Crippen LogP contribution in [-0.4, -0.2) is 21.1 Å². The van der Waals surface area contributed by atoms with Crippen molar-refractivity contribution >= 4 is 34.0 Å². The molecule has 0 bridgehead atoms.